The Hall–Kier alpha value is -2.44. The van der Waals surface area contributed by atoms with Crippen molar-refractivity contribution in [1.82, 2.24) is 20.0 Å². The van der Waals surface area contributed by atoms with Gasteiger partial charge in [-0.05, 0) is 37.3 Å². The second kappa shape index (κ2) is 5.33. The minimum atomic E-state index is -0.542. The van der Waals surface area contributed by atoms with Crippen LogP contribution in [0.1, 0.15) is 36.6 Å². The Balaban J connectivity index is 1.44. The van der Waals surface area contributed by atoms with Crippen LogP contribution in [0.2, 0.25) is 0 Å². The summed E-state index contributed by atoms with van der Waals surface area (Å²) in [4.78, 5) is 32.6. The van der Waals surface area contributed by atoms with E-state index < -0.39 is 5.76 Å². The van der Waals surface area contributed by atoms with Gasteiger partial charge in [0.1, 0.15) is 0 Å². The Kier molecular flexibility index (Phi) is 3.28. The smallest absolute Gasteiger partial charge is 0.341 e. The molecule has 0 bridgehead atoms. The maximum atomic E-state index is 12.9. The lowest BCUT2D eigenvalue weighted by Gasteiger charge is -2.23. The number of aromatic nitrogens is 3. The number of nitrogens with one attached hydrogen (secondary N) is 1. The molecular formula is C16H18N4O3. The Morgan fingerprint density at radius 2 is 2.35 bits per heavy atom. The molecule has 120 valence electrons. The van der Waals surface area contributed by atoms with Gasteiger partial charge in [0, 0.05) is 31.4 Å². The average Bonchev–Trinajstić information content (AvgIpc) is 2.99. The summed E-state index contributed by atoms with van der Waals surface area (Å²) >= 11 is 0. The summed E-state index contributed by atoms with van der Waals surface area (Å²) in [5.74, 6) is 0.275. The topological polar surface area (TPSA) is 92.1 Å². The van der Waals surface area contributed by atoms with E-state index >= 15 is 0 Å². The summed E-state index contributed by atoms with van der Waals surface area (Å²) in [7, 11) is 0. The monoisotopic (exact) mass is 314 g/mol. The SMILES string of the molecule is O=C(N1CCC(c2noc(=O)[nH]2)C1)C1(Cc2cccnc2)CC1. The van der Waals surface area contributed by atoms with Crippen LogP contribution in [0.5, 0.6) is 0 Å². The van der Waals surface area contributed by atoms with E-state index in [1.165, 1.54) is 0 Å². The van der Waals surface area contributed by atoms with E-state index in [9.17, 15) is 9.59 Å². The normalized spacial score (nSPS) is 22.3. The lowest BCUT2D eigenvalue weighted by molar-refractivity contribution is -0.135. The van der Waals surface area contributed by atoms with Gasteiger partial charge < -0.3 is 4.90 Å². The fraction of sp³-hybridized carbons (Fsp3) is 0.500. The van der Waals surface area contributed by atoms with Crippen molar-refractivity contribution in [2.75, 3.05) is 13.1 Å². The van der Waals surface area contributed by atoms with Crippen molar-refractivity contribution in [3.8, 4) is 0 Å². The molecule has 23 heavy (non-hydrogen) atoms. The van der Waals surface area contributed by atoms with Gasteiger partial charge >= 0.3 is 5.76 Å². The Morgan fingerprint density at radius 1 is 1.48 bits per heavy atom. The number of hydrogen-bond donors (Lipinski definition) is 1. The molecule has 1 amide bonds. The first-order valence-electron chi connectivity index (χ1n) is 7.90. The number of H-pyrrole nitrogens is 1. The molecule has 1 aliphatic carbocycles. The molecule has 1 N–H and O–H groups in total. The van der Waals surface area contributed by atoms with Gasteiger partial charge in [0.05, 0.1) is 5.41 Å². The molecule has 1 saturated heterocycles. The molecule has 0 radical (unpaired) electrons. The third-order valence-electron chi connectivity index (χ3n) is 4.89. The molecule has 7 heteroatoms. The second-order valence-corrected chi connectivity index (χ2v) is 6.54. The number of hydrogen-bond acceptors (Lipinski definition) is 5. The Morgan fingerprint density at radius 3 is 3.00 bits per heavy atom. The number of nitrogens with zero attached hydrogens (tertiary/aromatic N) is 3. The third-order valence-corrected chi connectivity index (χ3v) is 4.89. The van der Waals surface area contributed by atoms with E-state index in [1.54, 1.807) is 6.20 Å². The predicted octanol–water partition coefficient (Wildman–Crippen LogP) is 1.10. The van der Waals surface area contributed by atoms with E-state index in [4.69, 9.17) is 0 Å². The summed E-state index contributed by atoms with van der Waals surface area (Å²) in [6.07, 6.45) is 7.00. The number of carbonyl (C=O) groups is 1. The first kappa shape index (κ1) is 14.2. The number of amides is 1. The van der Waals surface area contributed by atoms with E-state index in [0.717, 1.165) is 31.2 Å². The van der Waals surface area contributed by atoms with Crippen molar-refractivity contribution in [1.29, 1.82) is 0 Å². The largest absolute Gasteiger partial charge is 0.438 e. The molecule has 0 aromatic carbocycles. The molecule has 1 atom stereocenters. The highest BCUT2D eigenvalue weighted by Crippen LogP contribution is 2.50. The maximum Gasteiger partial charge on any atom is 0.438 e. The predicted molar refractivity (Wildman–Crippen MR) is 80.7 cm³/mol. The number of carbonyl (C=O) groups excluding carboxylic acids is 1. The zero-order chi connectivity index (χ0) is 15.9. The van der Waals surface area contributed by atoms with Crippen molar-refractivity contribution in [2.45, 2.75) is 31.6 Å². The Bertz CT molecular complexity index is 763. The van der Waals surface area contributed by atoms with E-state index in [-0.39, 0.29) is 17.2 Å². The summed E-state index contributed by atoms with van der Waals surface area (Å²) in [6, 6.07) is 3.93. The zero-order valence-corrected chi connectivity index (χ0v) is 12.7. The fourth-order valence-corrected chi connectivity index (χ4v) is 3.43. The minimum Gasteiger partial charge on any atom is -0.341 e. The van der Waals surface area contributed by atoms with Crippen molar-refractivity contribution >= 4 is 5.91 Å². The van der Waals surface area contributed by atoms with E-state index in [0.29, 0.717) is 18.9 Å². The number of aromatic amines is 1. The highest BCUT2D eigenvalue weighted by atomic mass is 16.5. The maximum absolute atomic E-state index is 12.9. The average molecular weight is 314 g/mol. The molecule has 2 aromatic heterocycles. The molecule has 2 aliphatic rings. The molecule has 0 spiro atoms. The summed E-state index contributed by atoms with van der Waals surface area (Å²) in [5.41, 5.74) is 0.852. The summed E-state index contributed by atoms with van der Waals surface area (Å²) in [6.45, 7) is 1.29. The van der Waals surface area contributed by atoms with E-state index in [2.05, 4.69) is 19.6 Å². The van der Waals surface area contributed by atoms with Crippen molar-refractivity contribution in [3.05, 3.63) is 46.5 Å². The highest BCUT2D eigenvalue weighted by molar-refractivity contribution is 5.86. The molecular weight excluding hydrogens is 296 g/mol. The van der Waals surface area contributed by atoms with Crippen LogP contribution in [0, 0.1) is 5.41 Å². The standard InChI is InChI=1S/C16H18N4O3/c21-14(16(4-5-16)8-11-2-1-6-17-9-11)20-7-3-12(10-20)13-18-15(22)23-19-13/h1-2,6,9,12H,3-5,7-8,10H2,(H,18,19,22). The lowest BCUT2D eigenvalue weighted by atomic mass is 9.96. The minimum absolute atomic E-state index is 0.0552. The van der Waals surface area contributed by atoms with Crippen LogP contribution in [0.4, 0.5) is 0 Å². The van der Waals surface area contributed by atoms with Crippen LogP contribution in [0.3, 0.4) is 0 Å². The van der Waals surface area contributed by atoms with Gasteiger partial charge in [-0.3, -0.25) is 19.3 Å². The van der Waals surface area contributed by atoms with Gasteiger partial charge in [0.15, 0.2) is 5.82 Å². The molecule has 1 unspecified atom stereocenters. The molecule has 4 rings (SSSR count). The van der Waals surface area contributed by atoms with E-state index in [1.807, 2.05) is 23.2 Å². The molecule has 2 aromatic rings. The molecule has 3 heterocycles. The third kappa shape index (κ3) is 2.67. The van der Waals surface area contributed by atoms with Gasteiger partial charge in [0.25, 0.3) is 0 Å². The molecule has 1 aliphatic heterocycles. The summed E-state index contributed by atoms with van der Waals surface area (Å²) < 4.78 is 4.56. The second-order valence-electron chi connectivity index (χ2n) is 6.54. The first-order chi connectivity index (χ1) is 11.2. The van der Waals surface area contributed by atoms with Gasteiger partial charge in [0.2, 0.25) is 5.91 Å². The van der Waals surface area contributed by atoms with Crippen LogP contribution >= 0.6 is 0 Å². The summed E-state index contributed by atoms with van der Waals surface area (Å²) in [5, 5.41) is 3.75. The van der Waals surface area contributed by atoms with Crippen LogP contribution < -0.4 is 5.76 Å². The van der Waals surface area contributed by atoms with Gasteiger partial charge in [-0.15, -0.1) is 0 Å². The first-order valence-corrected chi connectivity index (χ1v) is 7.90. The van der Waals surface area contributed by atoms with Crippen LogP contribution in [-0.4, -0.2) is 39.0 Å². The molecule has 1 saturated carbocycles. The number of likely N-dealkylation sites (tertiary alicyclic amines) is 1. The Labute approximate surface area is 132 Å². The van der Waals surface area contributed by atoms with Gasteiger partial charge in [-0.1, -0.05) is 11.2 Å². The van der Waals surface area contributed by atoms with Crippen molar-refractivity contribution < 1.29 is 9.32 Å². The van der Waals surface area contributed by atoms with Crippen LogP contribution in [-0.2, 0) is 11.2 Å². The van der Waals surface area contributed by atoms with Crippen LogP contribution in [0.15, 0.2) is 33.8 Å². The molecule has 2 fully saturated rings. The van der Waals surface area contributed by atoms with Crippen molar-refractivity contribution in [2.24, 2.45) is 5.41 Å². The highest BCUT2D eigenvalue weighted by Gasteiger charge is 2.52. The number of rotatable bonds is 4. The van der Waals surface area contributed by atoms with Crippen molar-refractivity contribution in [3.63, 3.8) is 0 Å². The lowest BCUT2D eigenvalue weighted by Crippen LogP contribution is -2.36. The quantitative estimate of drug-likeness (QED) is 0.912. The zero-order valence-electron chi connectivity index (χ0n) is 12.7. The fourth-order valence-electron chi connectivity index (χ4n) is 3.43. The van der Waals surface area contributed by atoms with Gasteiger partial charge in [-0.25, -0.2) is 4.79 Å². The van der Waals surface area contributed by atoms with Gasteiger partial charge in [-0.2, -0.15) is 0 Å². The van der Waals surface area contributed by atoms with Crippen LogP contribution in [0.25, 0.3) is 0 Å². The number of pyridine rings is 1. The molecule has 7 nitrogen and oxygen atoms in total.